The minimum atomic E-state index is -0.324. The van der Waals surface area contributed by atoms with Gasteiger partial charge in [-0.1, -0.05) is 30.3 Å². The van der Waals surface area contributed by atoms with Crippen LogP contribution in [-0.4, -0.2) is 25.0 Å². The molecule has 3 N–H and O–H groups in total. The predicted octanol–water partition coefficient (Wildman–Crippen LogP) is 2.51. The number of aryl methyl sites for hydroxylation is 1. The first-order chi connectivity index (χ1) is 12.7. The fraction of sp³-hybridized carbons (Fsp3) is 0.400. The molecule has 5 nitrogen and oxygen atoms in total. The normalized spacial score (nSPS) is 13.1. The van der Waals surface area contributed by atoms with Gasteiger partial charge in [-0.25, -0.2) is 4.79 Å². The van der Waals surface area contributed by atoms with Gasteiger partial charge in [-0.05, 0) is 38.2 Å². The highest BCUT2D eigenvalue weighted by atomic mass is 32.1. The molecule has 1 heterocycles. The van der Waals surface area contributed by atoms with Crippen molar-refractivity contribution in [2.24, 2.45) is 0 Å². The van der Waals surface area contributed by atoms with Crippen molar-refractivity contribution in [1.82, 2.24) is 0 Å². The van der Waals surface area contributed by atoms with Gasteiger partial charge in [-0.2, -0.15) is 0 Å². The molecular formula is C20H25N2O3S+. The van der Waals surface area contributed by atoms with E-state index in [0.717, 1.165) is 37.8 Å². The molecule has 2 aromatic rings. The lowest BCUT2D eigenvalue weighted by atomic mass is 9.95. The van der Waals surface area contributed by atoms with Crippen molar-refractivity contribution in [3.05, 3.63) is 51.9 Å². The van der Waals surface area contributed by atoms with Crippen molar-refractivity contribution >= 4 is 28.2 Å². The third-order valence-electron chi connectivity index (χ3n) is 4.46. The van der Waals surface area contributed by atoms with Crippen LogP contribution in [0.5, 0.6) is 0 Å². The Bertz CT molecular complexity index is 771. The van der Waals surface area contributed by atoms with Crippen molar-refractivity contribution in [3.63, 3.8) is 0 Å². The Balaban J connectivity index is 1.65. The number of rotatable bonds is 7. The van der Waals surface area contributed by atoms with Crippen molar-refractivity contribution in [2.45, 2.75) is 39.2 Å². The Kier molecular flexibility index (Phi) is 6.41. The molecule has 0 fully saturated rings. The van der Waals surface area contributed by atoms with Gasteiger partial charge in [0.15, 0.2) is 6.54 Å². The summed E-state index contributed by atoms with van der Waals surface area (Å²) < 4.78 is 5.22. The first kappa shape index (κ1) is 18.6. The molecule has 0 unspecified atom stereocenters. The van der Waals surface area contributed by atoms with Gasteiger partial charge in [-0.3, -0.25) is 4.79 Å². The van der Waals surface area contributed by atoms with Gasteiger partial charge in [0.1, 0.15) is 11.5 Å². The number of thiophene rings is 1. The quantitative estimate of drug-likeness (QED) is 0.733. The lowest BCUT2D eigenvalue weighted by Crippen LogP contribution is -2.84. The molecule has 6 heteroatoms. The third kappa shape index (κ3) is 4.51. The predicted molar refractivity (Wildman–Crippen MR) is 102 cm³/mol. The van der Waals surface area contributed by atoms with Crippen molar-refractivity contribution in [3.8, 4) is 0 Å². The van der Waals surface area contributed by atoms with Crippen LogP contribution >= 0.6 is 11.3 Å². The van der Waals surface area contributed by atoms with Crippen LogP contribution in [0.3, 0.4) is 0 Å². The van der Waals surface area contributed by atoms with Crippen LogP contribution in [0.2, 0.25) is 0 Å². The molecule has 1 aromatic heterocycles. The van der Waals surface area contributed by atoms with E-state index in [1.54, 1.807) is 6.92 Å². The Morgan fingerprint density at radius 3 is 2.73 bits per heavy atom. The number of hydrogen-bond acceptors (Lipinski definition) is 4. The standard InChI is InChI=1S/C20H24N2O3S/c1-2-25-20(24)18-15-10-6-7-11-16(15)26-19(18)22-17(23)13-21-12-14-8-4-3-5-9-14/h3-5,8-9,21H,2,6-7,10-13H2,1H3,(H,22,23)/p+1. The highest BCUT2D eigenvalue weighted by molar-refractivity contribution is 7.17. The van der Waals surface area contributed by atoms with Gasteiger partial charge in [0.05, 0.1) is 12.2 Å². The molecule has 3 rings (SSSR count). The van der Waals surface area contributed by atoms with Gasteiger partial charge in [-0.15, -0.1) is 11.3 Å². The second-order valence-electron chi connectivity index (χ2n) is 6.37. The van der Waals surface area contributed by atoms with Crippen LogP contribution in [0.15, 0.2) is 30.3 Å². The van der Waals surface area contributed by atoms with Crippen LogP contribution < -0.4 is 10.6 Å². The summed E-state index contributed by atoms with van der Waals surface area (Å²) in [7, 11) is 0. The first-order valence-electron chi connectivity index (χ1n) is 9.16. The van der Waals surface area contributed by atoms with E-state index >= 15 is 0 Å². The van der Waals surface area contributed by atoms with E-state index in [-0.39, 0.29) is 11.9 Å². The van der Waals surface area contributed by atoms with Crippen LogP contribution in [-0.2, 0) is 28.9 Å². The molecule has 0 atom stereocenters. The Morgan fingerprint density at radius 2 is 1.96 bits per heavy atom. The summed E-state index contributed by atoms with van der Waals surface area (Å²) in [6.07, 6.45) is 4.07. The highest BCUT2D eigenvalue weighted by Gasteiger charge is 2.27. The number of quaternary nitrogens is 1. The first-order valence-corrected chi connectivity index (χ1v) is 9.97. The van der Waals surface area contributed by atoms with Crippen molar-refractivity contribution in [1.29, 1.82) is 0 Å². The molecule has 1 amide bonds. The molecule has 26 heavy (non-hydrogen) atoms. The summed E-state index contributed by atoms with van der Waals surface area (Å²) >= 11 is 1.53. The average molecular weight is 373 g/mol. The maximum atomic E-state index is 12.4. The number of nitrogens with two attached hydrogens (primary N) is 1. The number of amides is 1. The molecule has 138 valence electrons. The number of nitrogens with one attached hydrogen (secondary N) is 1. The van der Waals surface area contributed by atoms with E-state index < -0.39 is 0 Å². The number of anilines is 1. The molecule has 1 aromatic carbocycles. The second kappa shape index (κ2) is 8.96. The van der Waals surface area contributed by atoms with Crippen LogP contribution in [0.1, 0.15) is 46.1 Å². The summed E-state index contributed by atoms with van der Waals surface area (Å²) in [6.45, 7) is 3.20. The number of hydrogen-bond donors (Lipinski definition) is 2. The molecule has 1 aliphatic rings. The smallest absolute Gasteiger partial charge is 0.341 e. The summed E-state index contributed by atoms with van der Waals surface area (Å²) in [5.74, 6) is -0.416. The van der Waals surface area contributed by atoms with Gasteiger partial charge >= 0.3 is 5.97 Å². The highest BCUT2D eigenvalue weighted by Crippen LogP contribution is 2.38. The van der Waals surface area contributed by atoms with Crippen LogP contribution in [0.4, 0.5) is 5.00 Å². The molecule has 0 saturated heterocycles. The lowest BCUT2D eigenvalue weighted by molar-refractivity contribution is -0.659. The second-order valence-corrected chi connectivity index (χ2v) is 7.47. The maximum absolute atomic E-state index is 12.4. The third-order valence-corrected chi connectivity index (χ3v) is 5.66. The summed E-state index contributed by atoms with van der Waals surface area (Å²) in [4.78, 5) is 26.0. The Morgan fingerprint density at radius 1 is 1.19 bits per heavy atom. The average Bonchev–Trinajstić information content (AvgIpc) is 3.00. The van der Waals surface area contributed by atoms with E-state index in [9.17, 15) is 9.59 Å². The zero-order valence-corrected chi connectivity index (χ0v) is 15.9. The molecule has 0 bridgehead atoms. The zero-order chi connectivity index (χ0) is 18.4. The largest absolute Gasteiger partial charge is 0.462 e. The summed E-state index contributed by atoms with van der Waals surface area (Å²) in [5, 5.41) is 5.55. The SMILES string of the molecule is CCOC(=O)c1c(NC(=O)C[NH2+]Cc2ccccc2)sc2c1CCCC2. The summed E-state index contributed by atoms with van der Waals surface area (Å²) in [6, 6.07) is 10.0. The molecular weight excluding hydrogens is 348 g/mol. The topological polar surface area (TPSA) is 72.0 Å². The maximum Gasteiger partial charge on any atom is 0.341 e. The van der Waals surface area contributed by atoms with Gasteiger partial charge in [0, 0.05) is 10.4 Å². The number of esters is 1. The van der Waals surface area contributed by atoms with E-state index in [4.69, 9.17) is 4.74 Å². The van der Waals surface area contributed by atoms with E-state index in [1.165, 1.54) is 21.8 Å². The number of ether oxygens (including phenoxy) is 1. The Hall–Kier alpha value is -2.18. The van der Waals surface area contributed by atoms with Gasteiger partial charge in [0.25, 0.3) is 5.91 Å². The number of fused-ring (bicyclic) bond motifs is 1. The lowest BCUT2D eigenvalue weighted by Gasteiger charge is -2.12. The summed E-state index contributed by atoms with van der Waals surface area (Å²) in [5.41, 5.74) is 2.82. The molecule has 0 saturated carbocycles. The number of carbonyl (C=O) groups is 2. The van der Waals surface area contributed by atoms with E-state index in [2.05, 4.69) is 5.32 Å². The number of benzene rings is 1. The molecule has 1 aliphatic carbocycles. The fourth-order valence-corrected chi connectivity index (χ4v) is 4.53. The molecule has 0 spiro atoms. The van der Waals surface area contributed by atoms with Crippen molar-refractivity contribution < 1.29 is 19.6 Å². The minimum absolute atomic E-state index is 0.0925. The monoisotopic (exact) mass is 373 g/mol. The van der Waals surface area contributed by atoms with E-state index in [1.807, 2.05) is 35.6 Å². The molecule has 0 radical (unpaired) electrons. The number of carbonyl (C=O) groups excluding carboxylic acids is 2. The van der Waals surface area contributed by atoms with Gasteiger partial charge in [0.2, 0.25) is 0 Å². The minimum Gasteiger partial charge on any atom is -0.462 e. The van der Waals surface area contributed by atoms with E-state index in [0.29, 0.717) is 23.7 Å². The fourth-order valence-electron chi connectivity index (χ4n) is 3.23. The zero-order valence-electron chi connectivity index (χ0n) is 15.0. The van der Waals surface area contributed by atoms with Crippen LogP contribution in [0, 0.1) is 0 Å². The van der Waals surface area contributed by atoms with Gasteiger partial charge < -0.3 is 15.4 Å². The van der Waals surface area contributed by atoms with Crippen LogP contribution in [0.25, 0.3) is 0 Å². The van der Waals surface area contributed by atoms with Crippen molar-refractivity contribution in [2.75, 3.05) is 18.5 Å². The Labute approximate surface area is 157 Å². The molecule has 0 aliphatic heterocycles.